The smallest absolute Gasteiger partial charge is 0.129 e. The minimum absolute atomic E-state index is 0.307. The quantitative estimate of drug-likeness (QED) is 0.820. The van der Waals surface area contributed by atoms with Gasteiger partial charge in [-0.3, -0.25) is 0 Å². The first kappa shape index (κ1) is 9.59. The predicted molar refractivity (Wildman–Crippen MR) is 54.5 cm³/mol. The van der Waals surface area contributed by atoms with E-state index < -0.39 is 0 Å². The van der Waals surface area contributed by atoms with Gasteiger partial charge in [0.05, 0.1) is 4.47 Å². The fraction of sp³-hybridized carbons (Fsp3) is 0.400. The second kappa shape index (κ2) is 3.94. The van der Waals surface area contributed by atoms with E-state index >= 15 is 0 Å². The molecule has 0 saturated carbocycles. The average molecular weight is 229 g/mol. The Hall–Kier alpha value is -0.500. The molecule has 0 heterocycles. The molecular formula is C10H13BrO. The van der Waals surface area contributed by atoms with Crippen molar-refractivity contribution in [1.82, 2.24) is 0 Å². The minimum atomic E-state index is 0.307. The van der Waals surface area contributed by atoms with E-state index in [4.69, 9.17) is 0 Å². The van der Waals surface area contributed by atoms with E-state index in [1.165, 1.54) is 5.56 Å². The zero-order valence-electron chi connectivity index (χ0n) is 7.34. The summed E-state index contributed by atoms with van der Waals surface area (Å²) in [7, 11) is 0. The van der Waals surface area contributed by atoms with Crippen molar-refractivity contribution in [2.45, 2.75) is 26.2 Å². The molecule has 1 rings (SSSR count). The Balaban J connectivity index is 2.96. The third-order valence-electron chi connectivity index (χ3n) is 2.15. The topological polar surface area (TPSA) is 20.2 Å². The fourth-order valence-electron chi connectivity index (χ4n) is 1.07. The molecule has 0 fully saturated rings. The van der Waals surface area contributed by atoms with Gasteiger partial charge in [0.25, 0.3) is 0 Å². The summed E-state index contributed by atoms with van der Waals surface area (Å²) in [6, 6.07) is 5.67. The first-order valence-electron chi connectivity index (χ1n) is 4.13. The summed E-state index contributed by atoms with van der Waals surface area (Å²) < 4.78 is 0.778. The Bertz CT molecular complexity index is 271. The van der Waals surface area contributed by atoms with E-state index in [2.05, 4.69) is 29.8 Å². The van der Waals surface area contributed by atoms with Crippen molar-refractivity contribution in [2.75, 3.05) is 0 Å². The van der Waals surface area contributed by atoms with Crippen LogP contribution >= 0.6 is 15.9 Å². The number of hydrogen-bond donors (Lipinski definition) is 1. The van der Waals surface area contributed by atoms with Crippen LogP contribution in [0.1, 0.15) is 31.7 Å². The number of aromatic hydroxyl groups is 1. The van der Waals surface area contributed by atoms with Crippen molar-refractivity contribution in [3.05, 3.63) is 28.2 Å². The molecule has 0 aliphatic heterocycles. The number of rotatable bonds is 2. The second-order valence-corrected chi connectivity index (χ2v) is 3.87. The minimum Gasteiger partial charge on any atom is -0.507 e. The van der Waals surface area contributed by atoms with Crippen LogP contribution in [0.15, 0.2) is 22.7 Å². The maximum Gasteiger partial charge on any atom is 0.129 e. The van der Waals surface area contributed by atoms with Crippen LogP contribution in [-0.4, -0.2) is 5.11 Å². The number of hydrogen-bond acceptors (Lipinski definition) is 1. The SMILES string of the molecule is CC[C@@H](C)c1ccc(O)c(Br)c1. The van der Waals surface area contributed by atoms with Crippen molar-refractivity contribution in [2.24, 2.45) is 0 Å². The molecule has 0 aliphatic carbocycles. The highest BCUT2D eigenvalue weighted by Gasteiger charge is 2.04. The van der Waals surface area contributed by atoms with E-state index in [-0.39, 0.29) is 0 Å². The lowest BCUT2D eigenvalue weighted by molar-refractivity contribution is 0.471. The highest BCUT2D eigenvalue weighted by atomic mass is 79.9. The van der Waals surface area contributed by atoms with Gasteiger partial charge in [-0.2, -0.15) is 0 Å². The van der Waals surface area contributed by atoms with Gasteiger partial charge in [0, 0.05) is 0 Å². The molecule has 0 aromatic heterocycles. The summed E-state index contributed by atoms with van der Waals surface area (Å²) >= 11 is 3.29. The van der Waals surface area contributed by atoms with Crippen LogP contribution in [0.25, 0.3) is 0 Å². The molecule has 1 aromatic rings. The van der Waals surface area contributed by atoms with Gasteiger partial charge in [-0.25, -0.2) is 0 Å². The van der Waals surface area contributed by atoms with Crippen LogP contribution in [0.2, 0.25) is 0 Å². The molecule has 0 unspecified atom stereocenters. The molecule has 1 aromatic carbocycles. The highest BCUT2D eigenvalue weighted by Crippen LogP contribution is 2.28. The Morgan fingerprint density at radius 2 is 2.17 bits per heavy atom. The Kier molecular flexibility index (Phi) is 3.15. The van der Waals surface area contributed by atoms with Crippen molar-refractivity contribution in [1.29, 1.82) is 0 Å². The molecule has 1 nitrogen and oxygen atoms in total. The molecular weight excluding hydrogens is 216 g/mol. The first-order chi connectivity index (χ1) is 5.65. The molecule has 2 heteroatoms. The second-order valence-electron chi connectivity index (χ2n) is 3.02. The fourth-order valence-corrected chi connectivity index (χ4v) is 1.46. The third kappa shape index (κ3) is 2.01. The van der Waals surface area contributed by atoms with Gasteiger partial charge in [0.2, 0.25) is 0 Å². The van der Waals surface area contributed by atoms with Gasteiger partial charge in [-0.05, 0) is 46.0 Å². The molecule has 1 atom stereocenters. The predicted octanol–water partition coefficient (Wildman–Crippen LogP) is 3.67. The summed E-state index contributed by atoms with van der Waals surface area (Å²) in [6.07, 6.45) is 1.12. The number of halogens is 1. The molecule has 12 heavy (non-hydrogen) atoms. The summed E-state index contributed by atoms with van der Waals surface area (Å²) in [4.78, 5) is 0. The number of phenolic OH excluding ortho intramolecular Hbond substituents is 1. The van der Waals surface area contributed by atoms with Gasteiger partial charge < -0.3 is 5.11 Å². The van der Waals surface area contributed by atoms with Crippen LogP contribution in [0.4, 0.5) is 0 Å². The molecule has 0 radical (unpaired) electrons. The van der Waals surface area contributed by atoms with Crippen molar-refractivity contribution in [3.8, 4) is 5.75 Å². The maximum atomic E-state index is 9.25. The largest absolute Gasteiger partial charge is 0.507 e. The summed E-state index contributed by atoms with van der Waals surface area (Å²) in [5, 5.41) is 9.25. The lowest BCUT2D eigenvalue weighted by Crippen LogP contribution is -1.90. The molecule has 66 valence electrons. The van der Waals surface area contributed by atoms with Crippen LogP contribution in [0.5, 0.6) is 5.75 Å². The van der Waals surface area contributed by atoms with E-state index in [0.29, 0.717) is 11.7 Å². The Morgan fingerprint density at radius 1 is 1.50 bits per heavy atom. The van der Waals surface area contributed by atoms with Crippen molar-refractivity contribution >= 4 is 15.9 Å². The van der Waals surface area contributed by atoms with Gasteiger partial charge in [0.1, 0.15) is 5.75 Å². The molecule has 0 amide bonds. The zero-order valence-corrected chi connectivity index (χ0v) is 8.93. The summed E-state index contributed by atoms with van der Waals surface area (Å²) in [5.41, 5.74) is 1.27. The van der Waals surface area contributed by atoms with Gasteiger partial charge in [-0.1, -0.05) is 19.9 Å². The third-order valence-corrected chi connectivity index (χ3v) is 2.79. The zero-order chi connectivity index (χ0) is 9.14. The molecule has 0 bridgehead atoms. The number of benzene rings is 1. The normalized spacial score (nSPS) is 12.9. The van der Waals surface area contributed by atoms with Gasteiger partial charge in [-0.15, -0.1) is 0 Å². The van der Waals surface area contributed by atoms with Crippen LogP contribution in [-0.2, 0) is 0 Å². The Morgan fingerprint density at radius 3 is 2.67 bits per heavy atom. The standard InChI is InChI=1S/C10H13BrO/c1-3-7(2)8-4-5-10(12)9(11)6-8/h4-7,12H,3H2,1-2H3/t7-/m1/s1. The lowest BCUT2D eigenvalue weighted by atomic mass is 9.99. The highest BCUT2D eigenvalue weighted by molar-refractivity contribution is 9.10. The van der Waals surface area contributed by atoms with Crippen LogP contribution in [0.3, 0.4) is 0 Å². The van der Waals surface area contributed by atoms with Gasteiger partial charge >= 0.3 is 0 Å². The van der Waals surface area contributed by atoms with Crippen molar-refractivity contribution < 1.29 is 5.11 Å². The molecule has 0 saturated heterocycles. The first-order valence-corrected chi connectivity index (χ1v) is 4.93. The van der Waals surface area contributed by atoms with Gasteiger partial charge in [0.15, 0.2) is 0 Å². The molecule has 0 spiro atoms. The average Bonchev–Trinajstić information content (AvgIpc) is 2.08. The molecule has 0 aliphatic rings. The number of phenols is 1. The van der Waals surface area contributed by atoms with Crippen molar-refractivity contribution in [3.63, 3.8) is 0 Å². The van der Waals surface area contributed by atoms with E-state index in [1.54, 1.807) is 6.07 Å². The summed E-state index contributed by atoms with van der Waals surface area (Å²) in [6.45, 7) is 4.34. The summed E-state index contributed by atoms with van der Waals surface area (Å²) in [5.74, 6) is 0.865. The maximum absolute atomic E-state index is 9.25. The van der Waals surface area contributed by atoms with Crippen LogP contribution in [0, 0.1) is 0 Å². The lowest BCUT2D eigenvalue weighted by Gasteiger charge is -2.09. The molecule has 1 N–H and O–H groups in total. The Labute approximate surface area is 81.6 Å². The van der Waals surface area contributed by atoms with Crippen LogP contribution < -0.4 is 0 Å². The van der Waals surface area contributed by atoms with E-state index in [9.17, 15) is 5.11 Å². The monoisotopic (exact) mass is 228 g/mol. The van der Waals surface area contributed by atoms with E-state index in [1.807, 2.05) is 12.1 Å². The van der Waals surface area contributed by atoms with E-state index in [0.717, 1.165) is 10.9 Å².